The van der Waals surface area contributed by atoms with Gasteiger partial charge in [0.25, 0.3) is 0 Å². The van der Waals surface area contributed by atoms with Gasteiger partial charge in [-0.05, 0) is 109 Å². The summed E-state index contributed by atoms with van der Waals surface area (Å²) in [4.78, 5) is 25.4. The van der Waals surface area contributed by atoms with Crippen LogP contribution in [0.3, 0.4) is 0 Å². The van der Waals surface area contributed by atoms with E-state index >= 15 is 0 Å². The average molecular weight is 835 g/mol. The molecular formula is C55H94O5. The number of carbonyl (C=O) groups excluding carboxylic acids is 2. The molecule has 0 bridgehead atoms. The predicted molar refractivity (Wildman–Crippen MR) is 260 cm³/mol. The van der Waals surface area contributed by atoms with Crippen molar-refractivity contribution in [3.8, 4) is 0 Å². The molecule has 0 aliphatic carbocycles. The second-order valence-electron chi connectivity index (χ2n) is 16.3. The average Bonchev–Trinajstić information content (AvgIpc) is 3.25. The van der Waals surface area contributed by atoms with E-state index in [9.17, 15) is 9.59 Å². The topological polar surface area (TPSA) is 61.8 Å². The van der Waals surface area contributed by atoms with Gasteiger partial charge >= 0.3 is 11.9 Å². The molecule has 1 atom stereocenters. The highest BCUT2D eigenvalue weighted by atomic mass is 16.6. The van der Waals surface area contributed by atoms with Gasteiger partial charge in [-0.25, -0.2) is 0 Å². The Hall–Kier alpha value is -2.92. The first-order valence-corrected chi connectivity index (χ1v) is 25.1. The standard InChI is InChI=1S/C55H94O5/c1-4-7-10-13-16-19-22-25-27-28-29-31-33-36-39-42-45-48-54(56)59-52-53(51-58-50-47-44-41-38-35-32-26-23-20-17-14-11-8-5-2)60-55(57)49-46-43-40-37-34-30-24-21-18-15-12-9-6-3/h9,11-12,14,16,18-21,23,25,27,30,34,53H,4-8,10,13,15,17,22,24,26,28-29,31-33,35-52H2,1-3H3/b12-9-,14-11-,19-16-,21-18-,23-20-,27-25-,34-30-. The minimum Gasteiger partial charge on any atom is -0.462 e. The van der Waals surface area contributed by atoms with Gasteiger partial charge in [-0.3, -0.25) is 9.59 Å². The van der Waals surface area contributed by atoms with Crippen LogP contribution in [0.1, 0.15) is 226 Å². The Kier molecular flexibility index (Phi) is 48.0. The Morgan fingerprint density at radius 2 is 0.783 bits per heavy atom. The maximum absolute atomic E-state index is 12.8. The number of rotatable bonds is 45. The van der Waals surface area contributed by atoms with Crippen molar-refractivity contribution in [1.82, 2.24) is 0 Å². The zero-order valence-corrected chi connectivity index (χ0v) is 39.5. The second-order valence-corrected chi connectivity index (χ2v) is 16.3. The van der Waals surface area contributed by atoms with Gasteiger partial charge in [0.1, 0.15) is 6.61 Å². The van der Waals surface area contributed by atoms with E-state index in [2.05, 4.69) is 106 Å². The summed E-state index contributed by atoms with van der Waals surface area (Å²) < 4.78 is 17.3. The smallest absolute Gasteiger partial charge is 0.306 e. The summed E-state index contributed by atoms with van der Waals surface area (Å²) in [6.07, 6.45) is 65.9. The van der Waals surface area contributed by atoms with Crippen molar-refractivity contribution in [3.05, 3.63) is 85.1 Å². The molecule has 0 radical (unpaired) electrons. The van der Waals surface area contributed by atoms with Crippen molar-refractivity contribution in [1.29, 1.82) is 0 Å². The van der Waals surface area contributed by atoms with Crippen LogP contribution in [0.15, 0.2) is 85.1 Å². The fourth-order valence-electron chi connectivity index (χ4n) is 6.65. The van der Waals surface area contributed by atoms with Gasteiger partial charge in [0.15, 0.2) is 6.10 Å². The van der Waals surface area contributed by atoms with Gasteiger partial charge in [-0.15, -0.1) is 0 Å². The molecule has 0 spiro atoms. The third kappa shape index (κ3) is 47.8. The molecule has 0 aliphatic rings. The van der Waals surface area contributed by atoms with E-state index in [1.54, 1.807) is 0 Å². The monoisotopic (exact) mass is 835 g/mol. The maximum Gasteiger partial charge on any atom is 0.306 e. The maximum atomic E-state index is 12.8. The molecule has 0 N–H and O–H groups in total. The fourth-order valence-corrected chi connectivity index (χ4v) is 6.65. The SMILES string of the molecule is CC/C=C\C/C=C\C/C=C\CCCCCC(=O)OC(COCCCCCCCC/C=C\C/C=C\CCC)COC(=O)CCCCCCCCC/C=C\C/C=C\CCCCC. The summed E-state index contributed by atoms with van der Waals surface area (Å²) in [5.74, 6) is -0.448. The molecule has 60 heavy (non-hydrogen) atoms. The first kappa shape index (κ1) is 57.1. The summed E-state index contributed by atoms with van der Waals surface area (Å²) in [5, 5.41) is 0. The van der Waals surface area contributed by atoms with Gasteiger partial charge in [-0.1, -0.05) is 189 Å². The molecule has 0 amide bonds. The lowest BCUT2D eigenvalue weighted by atomic mass is 10.1. The van der Waals surface area contributed by atoms with E-state index in [-0.39, 0.29) is 25.2 Å². The highest BCUT2D eigenvalue weighted by molar-refractivity contribution is 5.70. The molecule has 0 fully saturated rings. The van der Waals surface area contributed by atoms with Gasteiger partial charge < -0.3 is 14.2 Å². The molecule has 0 rings (SSSR count). The Morgan fingerprint density at radius 1 is 0.383 bits per heavy atom. The Labute approximate surface area is 371 Å². The van der Waals surface area contributed by atoms with Gasteiger partial charge in [-0.2, -0.15) is 0 Å². The van der Waals surface area contributed by atoms with Gasteiger partial charge in [0, 0.05) is 19.4 Å². The van der Waals surface area contributed by atoms with Crippen LogP contribution in [-0.4, -0.2) is 37.9 Å². The van der Waals surface area contributed by atoms with Crippen molar-refractivity contribution in [2.24, 2.45) is 0 Å². The van der Waals surface area contributed by atoms with E-state index in [0.717, 1.165) is 89.9 Å². The number of unbranched alkanes of at least 4 members (excludes halogenated alkanes) is 20. The zero-order valence-electron chi connectivity index (χ0n) is 39.5. The van der Waals surface area contributed by atoms with Crippen LogP contribution < -0.4 is 0 Å². The molecule has 344 valence electrons. The van der Waals surface area contributed by atoms with E-state index in [1.807, 2.05) is 0 Å². The molecular weight excluding hydrogens is 741 g/mol. The molecule has 0 saturated carbocycles. The molecule has 5 heteroatoms. The summed E-state index contributed by atoms with van der Waals surface area (Å²) >= 11 is 0. The Balaban J connectivity index is 4.33. The lowest BCUT2D eigenvalue weighted by Gasteiger charge is -2.18. The van der Waals surface area contributed by atoms with Crippen molar-refractivity contribution >= 4 is 11.9 Å². The Bertz CT molecular complexity index is 1130. The molecule has 0 aromatic heterocycles. The van der Waals surface area contributed by atoms with Crippen molar-refractivity contribution in [3.63, 3.8) is 0 Å². The quantitative estimate of drug-likeness (QED) is 0.0347. The van der Waals surface area contributed by atoms with Gasteiger partial charge in [0.05, 0.1) is 6.61 Å². The second kappa shape index (κ2) is 50.4. The number of allylic oxidation sites excluding steroid dienone is 14. The van der Waals surface area contributed by atoms with E-state index in [4.69, 9.17) is 14.2 Å². The molecule has 5 nitrogen and oxygen atoms in total. The summed E-state index contributed by atoms with van der Waals surface area (Å²) in [7, 11) is 0. The molecule has 0 aromatic carbocycles. The zero-order chi connectivity index (χ0) is 43.5. The largest absolute Gasteiger partial charge is 0.462 e. The minimum absolute atomic E-state index is 0.0614. The van der Waals surface area contributed by atoms with Crippen LogP contribution in [0.5, 0.6) is 0 Å². The first-order valence-electron chi connectivity index (χ1n) is 25.1. The number of ether oxygens (including phenoxy) is 3. The van der Waals surface area contributed by atoms with Crippen molar-refractivity contribution < 1.29 is 23.8 Å². The van der Waals surface area contributed by atoms with E-state index < -0.39 is 6.10 Å². The first-order chi connectivity index (χ1) is 29.6. The van der Waals surface area contributed by atoms with Gasteiger partial charge in [0.2, 0.25) is 0 Å². The minimum atomic E-state index is -0.563. The lowest BCUT2D eigenvalue weighted by Crippen LogP contribution is -2.30. The number of carbonyl (C=O) groups is 2. The summed E-state index contributed by atoms with van der Waals surface area (Å²) in [6.45, 7) is 7.56. The highest BCUT2D eigenvalue weighted by Gasteiger charge is 2.17. The van der Waals surface area contributed by atoms with Crippen LogP contribution in [0.4, 0.5) is 0 Å². The molecule has 1 unspecified atom stereocenters. The highest BCUT2D eigenvalue weighted by Crippen LogP contribution is 2.13. The molecule has 0 heterocycles. The number of hydrogen-bond donors (Lipinski definition) is 0. The summed E-state index contributed by atoms with van der Waals surface area (Å²) in [5.41, 5.74) is 0. The van der Waals surface area contributed by atoms with Crippen LogP contribution in [0.2, 0.25) is 0 Å². The lowest BCUT2D eigenvalue weighted by molar-refractivity contribution is -0.163. The van der Waals surface area contributed by atoms with Crippen LogP contribution in [0, 0.1) is 0 Å². The van der Waals surface area contributed by atoms with Crippen molar-refractivity contribution in [2.45, 2.75) is 232 Å². The summed E-state index contributed by atoms with van der Waals surface area (Å²) in [6, 6.07) is 0. The van der Waals surface area contributed by atoms with Crippen molar-refractivity contribution in [2.75, 3.05) is 19.8 Å². The molecule has 0 aliphatic heterocycles. The third-order valence-electron chi connectivity index (χ3n) is 10.4. The van der Waals surface area contributed by atoms with Crippen LogP contribution in [-0.2, 0) is 23.8 Å². The van der Waals surface area contributed by atoms with E-state index in [0.29, 0.717) is 19.4 Å². The normalized spacial score (nSPS) is 12.9. The Morgan fingerprint density at radius 3 is 1.28 bits per heavy atom. The molecule has 0 aromatic rings. The van der Waals surface area contributed by atoms with Crippen LogP contribution in [0.25, 0.3) is 0 Å². The predicted octanol–water partition coefficient (Wildman–Crippen LogP) is 16.9. The van der Waals surface area contributed by atoms with Crippen LogP contribution >= 0.6 is 0 Å². The molecule has 0 saturated heterocycles. The van der Waals surface area contributed by atoms with E-state index in [1.165, 1.54) is 103 Å². The number of esters is 2. The fraction of sp³-hybridized carbons (Fsp3) is 0.709. The third-order valence-corrected chi connectivity index (χ3v) is 10.4. The number of hydrogen-bond acceptors (Lipinski definition) is 5.